The molecule has 0 aromatic heterocycles. The zero-order valence-corrected chi connectivity index (χ0v) is 10.4. The van der Waals surface area contributed by atoms with Crippen LogP contribution in [0.3, 0.4) is 0 Å². The molecule has 2 aromatic rings. The molecule has 0 heterocycles. The van der Waals surface area contributed by atoms with Crippen molar-refractivity contribution in [1.82, 2.24) is 0 Å². The normalized spacial score (nSPS) is 10.3. The summed E-state index contributed by atoms with van der Waals surface area (Å²) in [7, 11) is 0. The smallest absolute Gasteiger partial charge is 0.127 e. The Morgan fingerprint density at radius 2 is 1.59 bits per heavy atom. The summed E-state index contributed by atoms with van der Waals surface area (Å²) in [5.74, 6) is 0.428. The molecule has 0 amide bonds. The molecule has 1 nitrogen and oxygen atoms in total. The van der Waals surface area contributed by atoms with E-state index >= 15 is 0 Å². The van der Waals surface area contributed by atoms with Crippen molar-refractivity contribution in [3.05, 3.63) is 59.7 Å². The Morgan fingerprint density at radius 1 is 0.941 bits per heavy atom. The van der Waals surface area contributed by atoms with Gasteiger partial charge in [0.05, 0.1) is 0 Å². The molecule has 0 aliphatic carbocycles. The molecule has 0 aliphatic rings. The van der Waals surface area contributed by atoms with Crippen molar-refractivity contribution >= 4 is 15.9 Å². The molecule has 0 aliphatic heterocycles. The second-order valence-electron chi connectivity index (χ2n) is 3.44. The van der Waals surface area contributed by atoms with E-state index in [2.05, 4.69) is 15.9 Å². The molecule has 2 rings (SSSR count). The average Bonchev–Trinajstić information content (AvgIpc) is 2.34. The topological polar surface area (TPSA) is 9.23 Å². The molecule has 4 heteroatoms. The predicted molar refractivity (Wildman–Crippen MR) is 65.5 cm³/mol. The van der Waals surface area contributed by atoms with Crippen LogP contribution in [0, 0.1) is 11.6 Å². The maximum absolute atomic E-state index is 13.2. The van der Waals surface area contributed by atoms with Crippen molar-refractivity contribution in [1.29, 1.82) is 0 Å². The number of benzene rings is 2. The maximum atomic E-state index is 13.2. The van der Waals surface area contributed by atoms with Gasteiger partial charge < -0.3 is 4.74 Å². The molecular formula is C13H9BrF2O. The van der Waals surface area contributed by atoms with E-state index in [1.807, 2.05) is 0 Å². The lowest BCUT2D eigenvalue weighted by Crippen LogP contribution is -1.89. The van der Waals surface area contributed by atoms with Gasteiger partial charge in [0.25, 0.3) is 0 Å². The lowest BCUT2D eigenvalue weighted by Gasteiger charge is -2.07. The molecule has 0 bridgehead atoms. The van der Waals surface area contributed by atoms with Crippen LogP contribution < -0.4 is 4.74 Å². The van der Waals surface area contributed by atoms with Crippen LogP contribution in [0.5, 0.6) is 11.5 Å². The SMILES string of the molecule is Fc1ccc(Oc2ccc(F)c(CBr)c2)cc1. The van der Waals surface area contributed by atoms with Gasteiger partial charge in [-0.05, 0) is 42.5 Å². The molecule has 0 saturated carbocycles. The quantitative estimate of drug-likeness (QED) is 0.749. The third kappa shape index (κ3) is 3.03. The van der Waals surface area contributed by atoms with Crippen LogP contribution in [0.25, 0.3) is 0 Å². The van der Waals surface area contributed by atoms with E-state index in [0.717, 1.165) is 0 Å². The Morgan fingerprint density at radius 3 is 2.24 bits per heavy atom. The minimum absolute atomic E-state index is 0.284. The number of ether oxygens (including phenoxy) is 1. The monoisotopic (exact) mass is 298 g/mol. The highest BCUT2D eigenvalue weighted by Gasteiger charge is 2.04. The lowest BCUT2D eigenvalue weighted by atomic mass is 10.2. The Hall–Kier alpha value is -1.42. The van der Waals surface area contributed by atoms with E-state index in [4.69, 9.17) is 4.74 Å². The van der Waals surface area contributed by atoms with Crippen molar-refractivity contribution in [2.75, 3.05) is 0 Å². The summed E-state index contributed by atoms with van der Waals surface area (Å²) in [5.41, 5.74) is 0.518. The highest BCUT2D eigenvalue weighted by Crippen LogP contribution is 2.24. The Kier molecular flexibility index (Phi) is 3.74. The van der Waals surface area contributed by atoms with Gasteiger partial charge in [-0.2, -0.15) is 0 Å². The van der Waals surface area contributed by atoms with Crippen LogP contribution in [0.2, 0.25) is 0 Å². The van der Waals surface area contributed by atoms with Crippen molar-refractivity contribution in [2.24, 2.45) is 0 Å². The van der Waals surface area contributed by atoms with Crippen LogP contribution in [-0.4, -0.2) is 0 Å². The van der Waals surface area contributed by atoms with Crippen LogP contribution in [0.15, 0.2) is 42.5 Å². The minimum atomic E-state index is -0.322. The standard InChI is InChI=1S/C13H9BrF2O/c14-8-9-7-12(5-6-13(9)16)17-11-3-1-10(15)2-4-11/h1-7H,8H2. The van der Waals surface area contributed by atoms with Gasteiger partial charge >= 0.3 is 0 Å². The molecule has 0 unspecified atom stereocenters. The van der Waals surface area contributed by atoms with Gasteiger partial charge in [-0.15, -0.1) is 0 Å². The third-order valence-electron chi connectivity index (χ3n) is 2.21. The first-order valence-electron chi connectivity index (χ1n) is 4.97. The largest absolute Gasteiger partial charge is 0.457 e. The first kappa shape index (κ1) is 12.0. The lowest BCUT2D eigenvalue weighted by molar-refractivity contribution is 0.477. The molecule has 88 valence electrons. The summed E-state index contributed by atoms with van der Waals surface area (Å²) in [6.45, 7) is 0. The molecular weight excluding hydrogens is 290 g/mol. The summed E-state index contributed by atoms with van der Waals surface area (Å²) < 4.78 is 31.4. The second-order valence-corrected chi connectivity index (χ2v) is 4.00. The van der Waals surface area contributed by atoms with Crippen LogP contribution in [0.1, 0.15) is 5.56 Å². The van der Waals surface area contributed by atoms with Crippen LogP contribution >= 0.6 is 15.9 Å². The Labute approximate surface area is 106 Å². The highest BCUT2D eigenvalue weighted by atomic mass is 79.9. The van der Waals surface area contributed by atoms with Gasteiger partial charge in [-0.25, -0.2) is 8.78 Å². The fraction of sp³-hybridized carbons (Fsp3) is 0.0769. The van der Waals surface area contributed by atoms with Crippen LogP contribution in [0.4, 0.5) is 8.78 Å². The summed E-state index contributed by atoms with van der Waals surface area (Å²) in [5, 5.41) is 0.416. The zero-order chi connectivity index (χ0) is 12.3. The third-order valence-corrected chi connectivity index (χ3v) is 2.81. The molecule has 0 N–H and O–H groups in total. The van der Waals surface area contributed by atoms with Gasteiger partial charge in [0.15, 0.2) is 0 Å². The second kappa shape index (κ2) is 5.27. The predicted octanol–water partition coefficient (Wildman–Crippen LogP) is 4.65. The van der Waals surface area contributed by atoms with Gasteiger partial charge in [0, 0.05) is 10.9 Å². The number of hydrogen-bond acceptors (Lipinski definition) is 1. The van der Waals surface area contributed by atoms with E-state index < -0.39 is 0 Å². The Bertz CT molecular complexity index is 511. The molecule has 0 spiro atoms. The highest BCUT2D eigenvalue weighted by molar-refractivity contribution is 9.08. The first-order chi connectivity index (χ1) is 8.19. The minimum Gasteiger partial charge on any atom is -0.457 e. The average molecular weight is 299 g/mol. The zero-order valence-electron chi connectivity index (χ0n) is 8.79. The summed E-state index contributed by atoms with van der Waals surface area (Å²) >= 11 is 3.19. The maximum Gasteiger partial charge on any atom is 0.127 e. The van der Waals surface area contributed by atoms with Crippen molar-refractivity contribution < 1.29 is 13.5 Å². The summed E-state index contributed by atoms with van der Waals surface area (Å²) in [6, 6.07) is 10.1. The number of rotatable bonds is 3. The number of hydrogen-bond donors (Lipinski definition) is 0. The Balaban J connectivity index is 2.21. The summed E-state index contributed by atoms with van der Waals surface area (Å²) in [4.78, 5) is 0. The fourth-order valence-electron chi connectivity index (χ4n) is 1.36. The fourth-order valence-corrected chi connectivity index (χ4v) is 1.79. The van der Waals surface area contributed by atoms with Crippen molar-refractivity contribution in [3.8, 4) is 11.5 Å². The first-order valence-corrected chi connectivity index (χ1v) is 6.09. The summed E-state index contributed by atoms with van der Waals surface area (Å²) in [6.07, 6.45) is 0. The number of halogens is 3. The molecule has 0 radical (unpaired) electrons. The number of alkyl halides is 1. The van der Waals surface area contributed by atoms with Crippen molar-refractivity contribution in [3.63, 3.8) is 0 Å². The van der Waals surface area contributed by atoms with Gasteiger partial charge in [-0.1, -0.05) is 15.9 Å². The van der Waals surface area contributed by atoms with Crippen molar-refractivity contribution in [2.45, 2.75) is 5.33 Å². The molecule has 17 heavy (non-hydrogen) atoms. The van der Waals surface area contributed by atoms with Gasteiger partial charge in [0.2, 0.25) is 0 Å². The molecule has 0 saturated heterocycles. The van der Waals surface area contributed by atoms with E-state index in [1.165, 1.54) is 36.4 Å². The van der Waals surface area contributed by atoms with E-state index in [-0.39, 0.29) is 11.6 Å². The molecule has 2 aromatic carbocycles. The van der Waals surface area contributed by atoms with E-state index in [0.29, 0.717) is 22.4 Å². The van der Waals surface area contributed by atoms with Crippen LogP contribution in [-0.2, 0) is 5.33 Å². The van der Waals surface area contributed by atoms with Gasteiger partial charge in [-0.3, -0.25) is 0 Å². The molecule has 0 fully saturated rings. The van der Waals surface area contributed by atoms with Gasteiger partial charge in [0.1, 0.15) is 23.1 Å². The van der Waals surface area contributed by atoms with E-state index in [1.54, 1.807) is 6.07 Å². The van der Waals surface area contributed by atoms with E-state index in [9.17, 15) is 8.78 Å². The molecule has 0 atom stereocenters.